The first-order chi connectivity index (χ1) is 13.5. The molecule has 4 aromatic rings. The molecule has 0 fully saturated rings. The Labute approximate surface area is 173 Å². The molecule has 138 valence electrons. The largest absolute Gasteiger partial charge is 0.456 e. The Morgan fingerprint density at radius 3 is 2.36 bits per heavy atom. The first-order valence-corrected chi connectivity index (χ1v) is 9.57. The van der Waals surface area contributed by atoms with Gasteiger partial charge in [-0.2, -0.15) is 0 Å². The van der Waals surface area contributed by atoms with Crippen LogP contribution in [0.2, 0.25) is 5.02 Å². The molecule has 0 aliphatic carbocycles. The normalized spacial score (nSPS) is 10.8. The maximum atomic E-state index is 12.6. The molecule has 0 radical (unpaired) electrons. The van der Waals surface area contributed by atoms with E-state index in [4.69, 9.17) is 16.0 Å². The van der Waals surface area contributed by atoms with Gasteiger partial charge in [-0.1, -0.05) is 27.5 Å². The lowest BCUT2D eigenvalue weighted by Gasteiger charge is -2.08. The molecule has 1 amide bonds. The van der Waals surface area contributed by atoms with E-state index >= 15 is 0 Å². The highest BCUT2D eigenvalue weighted by Gasteiger charge is 2.10. The Kier molecular flexibility index (Phi) is 5.03. The van der Waals surface area contributed by atoms with E-state index in [1.165, 1.54) is 6.07 Å². The summed E-state index contributed by atoms with van der Waals surface area (Å²) in [5.74, 6) is 0.204. The monoisotopic (exact) mass is 453 g/mol. The second-order valence-electron chi connectivity index (χ2n) is 6.15. The van der Waals surface area contributed by atoms with Crippen molar-refractivity contribution >= 4 is 50.1 Å². The summed E-state index contributed by atoms with van der Waals surface area (Å²) >= 11 is 9.25. The second kappa shape index (κ2) is 7.62. The van der Waals surface area contributed by atoms with Gasteiger partial charge in [-0.05, 0) is 66.7 Å². The van der Waals surface area contributed by atoms with Gasteiger partial charge in [0, 0.05) is 32.4 Å². The number of amides is 1. The summed E-state index contributed by atoms with van der Waals surface area (Å²) in [6.07, 6.45) is 0. The molecule has 4 nitrogen and oxygen atoms in total. The highest BCUT2D eigenvalue weighted by Crippen LogP contribution is 2.25. The molecule has 1 N–H and O–H groups in total. The van der Waals surface area contributed by atoms with Crippen LogP contribution < -0.4 is 10.7 Å². The van der Waals surface area contributed by atoms with Crippen molar-refractivity contribution in [3.8, 4) is 11.3 Å². The number of fused-ring (bicyclic) bond motifs is 1. The fourth-order valence-electron chi connectivity index (χ4n) is 2.79. The third-order valence-corrected chi connectivity index (χ3v) is 5.00. The molecule has 0 bridgehead atoms. The molecule has 0 unspecified atom stereocenters. The minimum atomic E-state index is -0.256. The van der Waals surface area contributed by atoms with E-state index in [1.807, 2.05) is 0 Å². The zero-order chi connectivity index (χ0) is 19.7. The van der Waals surface area contributed by atoms with Crippen molar-refractivity contribution in [2.24, 2.45) is 0 Å². The van der Waals surface area contributed by atoms with Crippen molar-refractivity contribution in [2.45, 2.75) is 0 Å². The van der Waals surface area contributed by atoms with Crippen LogP contribution in [0, 0.1) is 0 Å². The summed E-state index contributed by atoms with van der Waals surface area (Å²) in [5.41, 5.74) is 2.06. The lowest BCUT2D eigenvalue weighted by molar-refractivity contribution is 0.102. The quantitative estimate of drug-likeness (QED) is 0.405. The Morgan fingerprint density at radius 1 is 0.929 bits per heavy atom. The lowest BCUT2D eigenvalue weighted by Crippen LogP contribution is -2.12. The molecule has 0 aliphatic rings. The lowest BCUT2D eigenvalue weighted by atomic mass is 10.1. The van der Waals surface area contributed by atoms with Crippen LogP contribution >= 0.6 is 27.5 Å². The molecule has 1 heterocycles. The van der Waals surface area contributed by atoms with E-state index in [-0.39, 0.29) is 11.3 Å². The Balaban J connectivity index is 1.66. The fraction of sp³-hybridized carbons (Fsp3) is 0. The van der Waals surface area contributed by atoms with Gasteiger partial charge in [-0.15, -0.1) is 0 Å². The van der Waals surface area contributed by atoms with Gasteiger partial charge in [-0.3, -0.25) is 9.59 Å². The van der Waals surface area contributed by atoms with Crippen LogP contribution in [0.25, 0.3) is 22.3 Å². The molecular weight excluding hydrogens is 442 g/mol. The standard InChI is InChI=1S/C22H13BrClNO3/c23-15-5-1-14(2-6-15)22(27)25-17-9-10-20-18(11-17)19(26)12-21(28-20)13-3-7-16(24)8-4-13/h1-12H,(H,25,27). The first kappa shape index (κ1) is 18.5. The summed E-state index contributed by atoms with van der Waals surface area (Å²) in [4.78, 5) is 25.0. The van der Waals surface area contributed by atoms with E-state index in [0.29, 0.717) is 33.0 Å². The number of halogens is 2. The molecule has 0 saturated heterocycles. The molecule has 6 heteroatoms. The van der Waals surface area contributed by atoms with Crippen molar-refractivity contribution in [2.75, 3.05) is 5.32 Å². The molecule has 0 spiro atoms. The summed E-state index contributed by atoms with van der Waals surface area (Å²) in [6, 6.07) is 20.5. The Hall–Kier alpha value is -2.89. The molecule has 28 heavy (non-hydrogen) atoms. The SMILES string of the molecule is O=C(Nc1ccc2oc(-c3ccc(Cl)cc3)cc(=O)c2c1)c1ccc(Br)cc1. The predicted octanol–water partition coefficient (Wildman–Crippen LogP) is 6.13. The van der Waals surface area contributed by atoms with Crippen LogP contribution in [0.3, 0.4) is 0 Å². The molecule has 0 saturated carbocycles. The number of hydrogen-bond acceptors (Lipinski definition) is 3. The number of benzene rings is 3. The van der Waals surface area contributed by atoms with Gasteiger partial charge in [0.2, 0.25) is 0 Å². The smallest absolute Gasteiger partial charge is 0.255 e. The van der Waals surface area contributed by atoms with Crippen molar-refractivity contribution in [3.05, 3.63) is 98.1 Å². The minimum absolute atomic E-state index is 0.189. The van der Waals surface area contributed by atoms with Gasteiger partial charge in [0.1, 0.15) is 11.3 Å². The maximum Gasteiger partial charge on any atom is 0.255 e. The molecule has 3 aromatic carbocycles. The highest BCUT2D eigenvalue weighted by atomic mass is 79.9. The Bertz CT molecular complexity index is 1230. The molecule has 1 aromatic heterocycles. The average Bonchev–Trinajstić information content (AvgIpc) is 2.69. The van der Waals surface area contributed by atoms with Gasteiger partial charge >= 0.3 is 0 Å². The van der Waals surface area contributed by atoms with Crippen LogP contribution in [0.5, 0.6) is 0 Å². The number of nitrogens with one attached hydrogen (secondary N) is 1. The molecule has 0 aliphatic heterocycles. The number of anilines is 1. The fourth-order valence-corrected chi connectivity index (χ4v) is 3.19. The van der Waals surface area contributed by atoms with Gasteiger partial charge in [0.05, 0.1) is 5.39 Å². The van der Waals surface area contributed by atoms with Crippen LogP contribution in [0.4, 0.5) is 5.69 Å². The molecule has 0 atom stereocenters. The van der Waals surface area contributed by atoms with E-state index in [2.05, 4.69) is 21.2 Å². The minimum Gasteiger partial charge on any atom is -0.456 e. The van der Waals surface area contributed by atoms with Gasteiger partial charge in [0.25, 0.3) is 5.91 Å². The van der Waals surface area contributed by atoms with E-state index in [0.717, 1.165) is 10.0 Å². The summed E-state index contributed by atoms with van der Waals surface area (Å²) in [6.45, 7) is 0. The van der Waals surface area contributed by atoms with Crippen LogP contribution in [-0.4, -0.2) is 5.91 Å². The second-order valence-corrected chi connectivity index (χ2v) is 7.51. The van der Waals surface area contributed by atoms with Gasteiger partial charge in [-0.25, -0.2) is 0 Å². The van der Waals surface area contributed by atoms with Crippen LogP contribution in [0.1, 0.15) is 10.4 Å². The first-order valence-electron chi connectivity index (χ1n) is 8.40. The summed E-state index contributed by atoms with van der Waals surface area (Å²) < 4.78 is 6.76. The maximum absolute atomic E-state index is 12.6. The van der Waals surface area contributed by atoms with E-state index in [9.17, 15) is 9.59 Å². The summed E-state index contributed by atoms with van der Waals surface area (Å²) in [5, 5.41) is 3.80. The van der Waals surface area contributed by atoms with Crippen LogP contribution in [0.15, 0.2) is 86.5 Å². The van der Waals surface area contributed by atoms with Gasteiger partial charge < -0.3 is 9.73 Å². The summed E-state index contributed by atoms with van der Waals surface area (Å²) in [7, 11) is 0. The topological polar surface area (TPSA) is 59.3 Å². The zero-order valence-electron chi connectivity index (χ0n) is 14.4. The predicted molar refractivity (Wildman–Crippen MR) is 115 cm³/mol. The van der Waals surface area contributed by atoms with Gasteiger partial charge in [0.15, 0.2) is 5.43 Å². The van der Waals surface area contributed by atoms with Crippen molar-refractivity contribution in [3.63, 3.8) is 0 Å². The van der Waals surface area contributed by atoms with E-state index in [1.54, 1.807) is 66.7 Å². The van der Waals surface area contributed by atoms with Crippen molar-refractivity contribution in [1.29, 1.82) is 0 Å². The zero-order valence-corrected chi connectivity index (χ0v) is 16.8. The third-order valence-electron chi connectivity index (χ3n) is 4.22. The average molecular weight is 455 g/mol. The highest BCUT2D eigenvalue weighted by molar-refractivity contribution is 9.10. The Morgan fingerprint density at radius 2 is 1.64 bits per heavy atom. The third kappa shape index (κ3) is 3.86. The van der Waals surface area contributed by atoms with Crippen LogP contribution in [-0.2, 0) is 0 Å². The number of rotatable bonds is 3. The van der Waals surface area contributed by atoms with Crippen molar-refractivity contribution < 1.29 is 9.21 Å². The molecular formula is C22H13BrClNO3. The number of hydrogen-bond donors (Lipinski definition) is 1. The van der Waals surface area contributed by atoms with Crippen molar-refractivity contribution in [1.82, 2.24) is 0 Å². The molecule has 4 rings (SSSR count). The number of carbonyl (C=O) groups is 1. The van der Waals surface area contributed by atoms with E-state index < -0.39 is 0 Å². The number of carbonyl (C=O) groups excluding carboxylic acids is 1.